The van der Waals surface area contributed by atoms with E-state index in [1.54, 1.807) is 0 Å². The first-order valence-corrected chi connectivity index (χ1v) is 35.2. The number of rotatable bonds is 64. The van der Waals surface area contributed by atoms with Crippen LogP contribution in [0.25, 0.3) is 0 Å². The van der Waals surface area contributed by atoms with E-state index >= 15 is 0 Å². The Kier molecular flexibility index (Phi) is 66.7. The van der Waals surface area contributed by atoms with Gasteiger partial charge in [-0.3, -0.25) is 14.4 Å². The molecule has 0 spiro atoms. The predicted molar refractivity (Wildman–Crippen MR) is 357 cm³/mol. The minimum absolute atomic E-state index is 0.0893. The fourth-order valence-electron chi connectivity index (χ4n) is 10.1. The van der Waals surface area contributed by atoms with Crippen molar-refractivity contribution < 1.29 is 28.6 Å². The van der Waals surface area contributed by atoms with Crippen LogP contribution in [0.15, 0.2) is 97.2 Å². The molecule has 1 unspecified atom stereocenters. The topological polar surface area (TPSA) is 78.9 Å². The Bertz CT molecular complexity index is 1590. The van der Waals surface area contributed by atoms with E-state index in [0.29, 0.717) is 19.3 Å². The van der Waals surface area contributed by atoms with Crippen LogP contribution in [0.3, 0.4) is 0 Å². The van der Waals surface area contributed by atoms with Crippen molar-refractivity contribution in [2.24, 2.45) is 0 Å². The summed E-state index contributed by atoms with van der Waals surface area (Å²) in [5, 5.41) is 0. The molecule has 0 radical (unpaired) electrons. The Morgan fingerprint density at radius 3 is 0.756 bits per heavy atom. The van der Waals surface area contributed by atoms with Crippen molar-refractivity contribution in [2.45, 2.75) is 354 Å². The number of allylic oxidation sites excluding steroid dienone is 16. The van der Waals surface area contributed by atoms with Gasteiger partial charge < -0.3 is 14.2 Å². The summed E-state index contributed by atoms with van der Waals surface area (Å²) < 4.78 is 16.9. The van der Waals surface area contributed by atoms with E-state index in [9.17, 15) is 14.4 Å². The molecule has 472 valence electrons. The second kappa shape index (κ2) is 69.8. The Balaban J connectivity index is 4.27. The molecule has 0 aliphatic heterocycles. The molecule has 82 heavy (non-hydrogen) atoms. The van der Waals surface area contributed by atoms with Gasteiger partial charge >= 0.3 is 17.9 Å². The van der Waals surface area contributed by atoms with Crippen LogP contribution in [0.2, 0.25) is 0 Å². The van der Waals surface area contributed by atoms with Gasteiger partial charge in [0.1, 0.15) is 13.2 Å². The van der Waals surface area contributed by atoms with E-state index in [1.165, 1.54) is 186 Å². The molecule has 6 nitrogen and oxygen atoms in total. The highest BCUT2D eigenvalue weighted by Crippen LogP contribution is 2.18. The van der Waals surface area contributed by atoms with Crippen molar-refractivity contribution in [1.82, 2.24) is 0 Å². The van der Waals surface area contributed by atoms with Crippen LogP contribution in [0.4, 0.5) is 0 Å². The summed E-state index contributed by atoms with van der Waals surface area (Å²) in [5.74, 6) is -0.917. The third-order valence-corrected chi connectivity index (χ3v) is 15.3. The normalized spacial score (nSPS) is 12.7. The van der Waals surface area contributed by atoms with E-state index in [1.807, 2.05) is 0 Å². The van der Waals surface area contributed by atoms with Crippen molar-refractivity contribution in [3.05, 3.63) is 97.2 Å². The maximum Gasteiger partial charge on any atom is 0.306 e. The standard InChI is InChI=1S/C76H132O6/c1-4-7-10-13-16-19-22-25-27-29-31-33-35-36-37-38-39-41-42-44-46-48-51-54-57-60-63-66-69-75(78)81-72-73(71-80-74(77)68-65-62-59-56-53-50-24-21-18-15-12-9-6-3)82-76(79)70-67-64-61-58-55-52-49-47-45-43-40-34-32-30-28-26-23-20-17-14-11-8-5-2/h8-9,11-12,17-18,20-21,26,28,32,34,43,45,50,53,73H,4-7,10,13-16,19,22-25,27,29-31,33,35-42,44,46-49,51-52,54-72H2,1-3H3/b11-8-,12-9-,20-17-,21-18-,28-26-,34-32-,45-43-,53-50-. The molecule has 6 heteroatoms. The molecule has 0 saturated carbocycles. The summed E-state index contributed by atoms with van der Waals surface area (Å²) in [6.45, 7) is 6.42. The molecule has 0 fully saturated rings. The van der Waals surface area contributed by atoms with Crippen LogP contribution in [0.1, 0.15) is 348 Å². The highest BCUT2D eigenvalue weighted by atomic mass is 16.6. The first-order chi connectivity index (χ1) is 40.5. The minimum atomic E-state index is -0.797. The van der Waals surface area contributed by atoms with Crippen molar-refractivity contribution >= 4 is 17.9 Å². The van der Waals surface area contributed by atoms with E-state index in [2.05, 4.69) is 118 Å². The number of esters is 3. The lowest BCUT2D eigenvalue weighted by Gasteiger charge is -2.18. The Morgan fingerprint density at radius 1 is 0.256 bits per heavy atom. The van der Waals surface area contributed by atoms with Gasteiger partial charge in [0, 0.05) is 19.3 Å². The molecular formula is C76H132O6. The molecule has 0 aliphatic rings. The number of hydrogen-bond donors (Lipinski definition) is 0. The molecule has 0 amide bonds. The number of carbonyl (C=O) groups is 3. The van der Waals surface area contributed by atoms with Crippen molar-refractivity contribution in [3.8, 4) is 0 Å². The van der Waals surface area contributed by atoms with Crippen molar-refractivity contribution in [3.63, 3.8) is 0 Å². The van der Waals surface area contributed by atoms with Gasteiger partial charge in [0.05, 0.1) is 0 Å². The highest BCUT2D eigenvalue weighted by molar-refractivity contribution is 5.71. The van der Waals surface area contributed by atoms with Crippen LogP contribution in [0, 0.1) is 0 Å². The SMILES string of the molecule is CC/C=C\C/C=C\C/C=C\C/C=C\C/C=C\CCCCCCCCCC(=O)OC(COC(=O)CCCCC/C=C\C/C=C\C/C=C\CC)COC(=O)CCCCCCCCCCCCCCCCCCCCCCCCCCCCCC. The second-order valence-electron chi connectivity index (χ2n) is 23.4. The first kappa shape index (κ1) is 78.3. The zero-order valence-electron chi connectivity index (χ0n) is 54.2. The molecule has 0 N–H and O–H groups in total. The summed E-state index contributed by atoms with van der Waals surface area (Å²) in [7, 11) is 0. The molecular weight excluding hydrogens is 1010 g/mol. The first-order valence-electron chi connectivity index (χ1n) is 35.2. The van der Waals surface area contributed by atoms with Gasteiger partial charge in [-0.05, 0) is 96.3 Å². The molecule has 1 atom stereocenters. The Hall–Kier alpha value is -3.67. The molecule has 0 aliphatic carbocycles. The van der Waals surface area contributed by atoms with Gasteiger partial charge in [0.15, 0.2) is 6.10 Å². The molecule has 0 aromatic heterocycles. The second-order valence-corrected chi connectivity index (χ2v) is 23.4. The molecule has 0 aromatic rings. The van der Waals surface area contributed by atoms with E-state index in [4.69, 9.17) is 14.2 Å². The van der Waals surface area contributed by atoms with Gasteiger partial charge in [0.25, 0.3) is 0 Å². The zero-order chi connectivity index (χ0) is 59.2. The maximum atomic E-state index is 12.9. The third-order valence-electron chi connectivity index (χ3n) is 15.3. The van der Waals surface area contributed by atoms with E-state index in [-0.39, 0.29) is 31.1 Å². The minimum Gasteiger partial charge on any atom is -0.462 e. The van der Waals surface area contributed by atoms with Gasteiger partial charge in [-0.2, -0.15) is 0 Å². The summed E-state index contributed by atoms with van der Waals surface area (Å²) in [4.78, 5) is 38.4. The third kappa shape index (κ3) is 67.1. The highest BCUT2D eigenvalue weighted by Gasteiger charge is 2.19. The Morgan fingerprint density at radius 2 is 0.476 bits per heavy atom. The lowest BCUT2D eigenvalue weighted by Crippen LogP contribution is -2.30. The lowest BCUT2D eigenvalue weighted by atomic mass is 10.0. The number of carbonyl (C=O) groups excluding carboxylic acids is 3. The smallest absolute Gasteiger partial charge is 0.306 e. The van der Waals surface area contributed by atoms with Gasteiger partial charge in [-0.15, -0.1) is 0 Å². The van der Waals surface area contributed by atoms with E-state index < -0.39 is 6.10 Å². The summed E-state index contributed by atoms with van der Waals surface area (Å²) in [5.41, 5.74) is 0. The quantitative estimate of drug-likeness (QED) is 0.0261. The maximum absolute atomic E-state index is 12.9. The van der Waals surface area contributed by atoms with Crippen LogP contribution < -0.4 is 0 Å². The Labute approximate surface area is 508 Å². The molecule has 0 bridgehead atoms. The predicted octanol–water partition coefficient (Wildman–Crippen LogP) is 24.4. The van der Waals surface area contributed by atoms with Crippen LogP contribution in [0.5, 0.6) is 0 Å². The summed E-state index contributed by atoms with van der Waals surface area (Å²) >= 11 is 0. The molecule has 0 heterocycles. The van der Waals surface area contributed by atoms with Gasteiger partial charge in [-0.1, -0.05) is 330 Å². The number of hydrogen-bond acceptors (Lipinski definition) is 6. The monoisotopic (exact) mass is 1140 g/mol. The summed E-state index contributed by atoms with van der Waals surface area (Å²) in [6.07, 6.45) is 94.5. The average Bonchev–Trinajstić information content (AvgIpc) is 3.47. The lowest BCUT2D eigenvalue weighted by molar-refractivity contribution is -0.167. The average molecular weight is 1140 g/mol. The fourth-order valence-corrected chi connectivity index (χ4v) is 10.1. The summed E-state index contributed by atoms with van der Waals surface area (Å²) in [6, 6.07) is 0. The largest absolute Gasteiger partial charge is 0.462 e. The van der Waals surface area contributed by atoms with Gasteiger partial charge in [0.2, 0.25) is 0 Å². The number of unbranched alkanes of at least 4 members (excludes halogenated alkanes) is 37. The van der Waals surface area contributed by atoms with Gasteiger partial charge in [-0.25, -0.2) is 0 Å². The van der Waals surface area contributed by atoms with Crippen LogP contribution in [-0.2, 0) is 28.6 Å². The number of ether oxygens (including phenoxy) is 3. The van der Waals surface area contributed by atoms with Crippen molar-refractivity contribution in [1.29, 1.82) is 0 Å². The van der Waals surface area contributed by atoms with Crippen LogP contribution >= 0.6 is 0 Å². The molecule has 0 saturated heterocycles. The van der Waals surface area contributed by atoms with E-state index in [0.717, 1.165) is 122 Å². The fraction of sp³-hybridized carbons (Fsp3) is 0.750. The molecule has 0 rings (SSSR count). The van der Waals surface area contributed by atoms with Crippen LogP contribution in [-0.4, -0.2) is 37.2 Å². The zero-order valence-corrected chi connectivity index (χ0v) is 54.2. The van der Waals surface area contributed by atoms with Crippen molar-refractivity contribution in [2.75, 3.05) is 13.2 Å². The molecule has 0 aromatic carbocycles.